The fourth-order valence-electron chi connectivity index (χ4n) is 2.80. The van der Waals surface area contributed by atoms with Crippen molar-refractivity contribution in [2.45, 2.75) is 31.0 Å². The lowest BCUT2D eigenvalue weighted by atomic mass is 10.3. The number of ether oxygens (including phenoxy) is 1. The summed E-state index contributed by atoms with van der Waals surface area (Å²) in [5.74, 6) is -0.412. The number of sulfonamides is 1. The Hall–Kier alpha value is -2.36. The van der Waals surface area contributed by atoms with E-state index in [0.717, 1.165) is 0 Å². The highest BCUT2D eigenvalue weighted by atomic mass is 32.2. The zero-order chi connectivity index (χ0) is 18.7. The maximum absolute atomic E-state index is 12.8. The summed E-state index contributed by atoms with van der Waals surface area (Å²) in [5, 5.41) is 2.66. The number of carbonyl (C=O) groups is 1. The minimum absolute atomic E-state index is 0.154. The molecule has 1 saturated heterocycles. The Balaban J connectivity index is 1.73. The Morgan fingerprint density at radius 2 is 1.81 bits per heavy atom. The van der Waals surface area contributed by atoms with Gasteiger partial charge in [0.15, 0.2) is 0 Å². The molecule has 2 aromatic rings. The van der Waals surface area contributed by atoms with Gasteiger partial charge < -0.3 is 10.1 Å². The van der Waals surface area contributed by atoms with Crippen LogP contribution in [0.3, 0.4) is 0 Å². The lowest BCUT2D eigenvalue weighted by Crippen LogP contribution is -2.48. The van der Waals surface area contributed by atoms with Crippen LogP contribution < -0.4 is 5.32 Å². The summed E-state index contributed by atoms with van der Waals surface area (Å²) in [5.41, 5.74) is 0.656. The molecule has 138 valence electrons. The van der Waals surface area contributed by atoms with E-state index >= 15 is 0 Å². The minimum atomic E-state index is -3.61. The van der Waals surface area contributed by atoms with Crippen molar-refractivity contribution in [3.8, 4) is 0 Å². The molecule has 2 heterocycles. The molecule has 2 atom stereocenters. The molecule has 1 aromatic carbocycles. The highest BCUT2D eigenvalue weighted by Gasteiger charge is 2.32. The first-order valence-corrected chi connectivity index (χ1v) is 9.63. The molecule has 0 radical (unpaired) electrons. The number of hydrogen-bond donors (Lipinski definition) is 1. The fraction of sp³-hybridized carbons (Fsp3) is 0.353. The zero-order valence-corrected chi connectivity index (χ0v) is 15.3. The number of amides is 1. The molecule has 0 unspecified atom stereocenters. The van der Waals surface area contributed by atoms with Gasteiger partial charge in [0.2, 0.25) is 10.0 Å². The molecule has 1 amide bonds. The van der Waals surface area contributed by atoms with Gasteiger partial charge in [-0.2, -0.15) is 4.31 Å². The molecule has 0 aliphatic carbocycles. The van der Waals surface area contributed by atoms with Crippen molar-refractivity contribution in [1.82, 2.24) is 14.3 Å². The summed E-state index contributed by atoms with van der Waals surface area (Å²) in [6, 6.07) is 6.06. The van der Waals surface area contributed by atoms with Crippen LogP contribution in [0.15, 0.2) is 47.8 Å². The molecule has 1 fully saturated rings. The smallest absolute Gasteiger partial charge is 0.275 e. The molecule has 8 nitrogen and oxygen atoms in total. The molecule has 0 spiro atoms. The topological polar surface area (TPSA) is 101 Å². The summed E-state index contributed by atoms with van der Waals surface area (Å²) in [6.45, 7) is 4.34. The molecular weight excluding hydrogens is 356 g/mol. The Kier molecular flexibility index (Phi) is 5.30. The summed E-state index contributed by atoms with van der Waals surface area (Å²) in [7, 11) is -3.61. The Labute approximate surface area is 152 Å². The van der Waals surface area contributed by atoms with E-state index in [1.54, 1.807) is 12.1 Å². The van der Waals surface area contributed by atoms with Crippen LogP contribution in [0.5, 0.6) is 0 Å². The number of anilines is 1. The second-order valence-electron chi connectivity index (χ2n) is 6.15. The van der Waals surface area contributed by atoms with Crippen LogP contribution >= 0.6 is 0 Å². The van der Waals surface area contributed by atoms with Gasteiger partial charge in [-0.05, 0) is 38.1 Å². The zero-order valence-electron chi connectivity index (χ0n) is 14.5. The molecule has 1 N–H and O–H groups in total. The maximum Gasteiger partial charge on any atom is 0.275 e. The largest absolute Gasteiger partial charge is 0.373 e. The number of morpholine rings is 1. The quantitative estimate of drug-likeness (QED) is 0.868. The van der Waals surface area contributed by atoms with Crippen molar-refractivity contribution in [2.24, 2.45) is 0 Å². The number of aromatic nitrogens is 2. The van der Waals surface area contributed by atoms with E-state index in [-0.39, 0.29) is 22.8 Å². The van der Waals surface area contributed by atoms with Crippen molar-refractivity contribution >= 4 is 21.6 Å². The fourth-order valence-corrected chi connectivity index (χ4v) is 4.39. The molecule has 0 bridgehead atoms. The van der Waals surface area contributed by atoms with Crippen molar-refractivity contribution in [3.05, 3.63) is 48.5 Å². The first-order valence-electron chi connectivity index (χ1n) is 8.19. The molecule has 1 aliphatic heterocycles. The summed E-state index contributed by atoms with van der Waals surface area (Å²) in [4.78, 5) is 20.0. The van der Waals surface area contributed by atoms with E-state index in [4.69, 9.17) is 4.74 Å². The van der Waals surface area contributed by atoms with Crippen molar-refractivity contribution < 1.29 is 17.9 Å². The molecule has 1 aliphatic rings. The van der Waals surface area contributed by atoms with Crippen molar-refractivity contribution in [1.29, 1.82) is 0 Å². The predicted molar refractivity (Wildman–Crippen MR) is 95.2 cm³/mol. The molecule has 9 heteroatoms. The van der Waals surface area contributed by atoms with E-state index in [2.05, 4.69) is 15.3 Å². The van der Waals surface area contributed by atoms with E-state index < -0.39 is 15.9 Å². The third-order valence-corrected chi connectivity index (χ3v) is 5.78. The molecule has 0 saturated carbocycles. The Bertz CT molecular complexity index is 861. The Morgan fingerprint density at radius 1 is 1.15 bits per heavy atom. The monoisotopic (exact) mass is 376 g/mol. The van der Waals surface area contributed by atoms with Crippen LogP contribution in [0.2, 0.25) is 0 Å². The van der Waals surface area contributed by atoms with Gasteiger partial charge in [-0.15, -0.1) is 0 Å². The summed E-state index contributed by atoms with van der Waals surface area (Å²) < 4.78 is 32.6. The van der Waals surface area contributed by atoms with Gasteiger partial charge in [-0.25, -0.2) is 13.4 Å². The van der Waals surface area contributed by atoms with E-state index in [1.165, 1.54) is 35.0 Å². The highest BCUT2D eigenvalue weighted by molar-refractivity contribution is 7.89. The standard InChI is InChI=1S/C17H20N4O4S/c1-12-10-21(11-13(2)25-12)26(23,24)15-5-3-14(4-6-15)20-17(22)16-9-18-7-8-19-16/h3-9,12-13H,10-11H2,1-2H3,(H,20,22)/t12-,13+. The lowest BCUT2D eigenvalue weighted by Gasteiger charge is -2.34. The highest BCUT2D eigenvalue weighted by Crippen LogP contribution is 2.22. The normalized spacial score (nSPS) is 21.3. The molecular formula is C17H20N4O4S. The lowest BCUT2D eigenvalue weighted by molar-refractivity contribution is -0.0440. The molecule has 1 aromatic heterocycles. The number of benzene rings is 1. The van der Waals surface area contributed by atoms with Crippen LogP contribution in [0, 0.1) is 0 Å². The van der Waals surface area contributed by atoms with E-state index in [0.29, 0.717) is 18.8 Å². The number of hydrogen-bond acceptors (Lipinski definition) is 6. The van der Waals surface area contributed by atoms with Gasteiger partial charge in [0.05, 0.1) is 23.3 Å². The number of nitrogens with zero attached hydrogens (tertiary/aromatic N) is 3. The Morgan fingerprint density at radius 3 is 2.38 bits per heavy atom. The third-order valence-electron chi connectivity index (χ3n) is 3.93. The maximum atomic E-state index is 12.8. The van der Waals surface area contributed by atoms with Gasteiger partial charge in [0.1, 0.15) is 5.69 Å². The van der Waals surface area contributed by atoms with Crippen LogP contribution in [-0.4, -0.2) is 53.9 Å². The first kappa shape index (κ1) is 18.4. The number of nitrogens with one attached hydrogen (secondary N) is 1. The van der Waals surface area contributed by atoms with Crippen molar-refractivity contribution in [2.75, 3.05) is 18.4 Å². The van der Waals surface area contributed by atoms with E-state index in [1.807, 2.05) is 13.8 Å². The third kappa shape index (κ3) is 4.06. The van der Waals surface area contributed by atoms with Gasteiger partial charge in [0.25, 0.3) is 5.91 Å². The van der Waals surface area contributed by atoms with Crippen molar-refractivity contribution in [3.63, 3.8) is 0 Å². The SMILES string of the molecule is C[C@@H]1CN(S(=O)(=O)c2ccc(NC(=O)c3cnccn3)cc2)C[C@H](C)O1. The second kappa shape index (κ2) is 7.48. The average Bonchev–Trinajstić information content (AvgIpc) is 2.62. The second-order valence-corrected chi connectivity index (χ2v) is 8.09. The molecule has 3 rings (SSSR count). The van der Waals surface area contributed by atoms with Gasteiger partial charge >= 0.3 is 0 Å². The molecule has 26 heavy (non-hydrogen) atoms. The average molecular weight is 376 g/mol. The van der Waals surface area contributed by atoms with Crippen LogP contribution in [0.4, 0.5) is 5.69 Å². The van der Waals surface area contributed by atoms with E-state index in [9.17, 15) is 13.2 Å². The van der Waals surface area contributed by atoms with Crippen LogP contribution in [0.1, 0.15) is 24.3 Å². The van der Waals surface area contributed by atoms with Crippen LogP contribution in [-0.2, 0) is 14.8 Å². The van der Waals surface area contributed by atoms with Gasteiger partial charge in [0, 0.05) is 31.2 Å². The van der Waals surface area contributed by atoms with Gasteiger partial charge in [-0.1, -0.05) is 0 Å². The predicted octanol–water partition coefficient (Wildman–Crippen LogP) is 1.53. The van der Waals surface area contributed by atoms with Gasteiger partial charge in [-0.3, -0.25) is 9.78 Å². The summed E-state index contributed by atoms with van der Waals surface area (Å²) in [6.07, 6.45) is 3.95. The minimum Gasteiger partial charge on any atom is -0.373 e. The van der Waals surface area contributed by atoms with Crippen LogP contribution in [0.25, 0.3) is 0 Å². The first-order chi connectivity index (χ1) is 12.4. The number of carbonyl (C=O) groups excluding carboxylic acids is 1. The number of rotatable bonds is 4. The summed E-state index contributed by atoms with van der Waals surface area (Å²) >= 11 is 0.